The number of anilines is 1. The number of halogens is 3. The monoisotopic (exact) mass is 500 g/mol. The van der Waals surface area contributed by atoms with Gasteiger partial charge < -0.3 is 15.4 Å². The number of nitrogens with zero attached hydrogens (tertiary/aromatic N) is 2. The van der Waals surface area contributed by atoms with Gasteiger partial charge in [-0.05, 0) is 50.1 Å². The van der Waals surface area contributed by atoms with Crippen LogP contribution in [-0.2, 0) is 6.42 Å². The average Bonchev–Trinajstić information content (AvgIpc) is 3.19. The second-order valence-corrected chi connectivity index (χ2v) is 10.3. The number of aliphatic hydroxyl groups is 1. The summed E-state index contributed by atoms with van der Waals surface area (Å²) in [4.78, 5) is 7.46. The molecule has 2 aliphatic heterocycles. The number of fused-ring (bicyclic) bond motifs is 3. The first kappa shape index (κ1) is 25.1. The summed E-state index contributed by atoms with van der Waals surface area (Å²) < 4.78 is 45.8. The molecular weight excluding hydrogens is 465 g/mol. The summed E-state index contributed by atoms with van der Waals surface area (Å²) in [5, 5.41) is 13.6. The molecule has 1 saturated heterocycles. The number of benzene rings is 2. The van der Waals surface area contributed by atoms with Crippen LogP contribution in [0.15, 0.2) is 36.4 Å². The Morgan fingerprint density at radius 2 is 1.89 bits per heavy atom. The standard InChI is InChI=1S/C28H35F3N4O/c1-3-4-9-34-14-20(15-34)32-19-11-23(30)26(24(31)12-19)28-27-22(21-7-5-6-8-25(21)33-27)10-17(2)35(28)13-18(29)16-36/h5-8,11-12,17-18,20,28,32-33,36H,3-4,9-10,13-16H2,1-2H3/t17-,18-,28-/m1/s1. The molecule has 3 aromatic rings. The third-order valence-corrected chi connectivity index (χ3v) is 7.63. The lowest BCUT2D eigenvalue weighted by Crippen LogP contribution is -2.54. The van der Waals surface area contributed by atoms with E-state index in [4.69, 9.17) is 0 Å². The molecule has 0 spiro atoms. The Bertz CT molecular complexity index is 1190. The number of hydrogen-bond acceptors (Lipinski definition) is 4. The number of unbranched alkanes of at least 4 members (excludes halogenated alkanes) is 1. The van der Waals surface area contributed by atoms with Gasteiger partial charge in [0.15, 0.2) is 0 Å². The molecule has 0 saturated carbocycles. The fourth-order valence-electron chi connectivity index (χ4n) is 5.78. The lowest BCUT2D eigenvalue weighted by molar-refractivity contribution is 0.0750. The Morgan fingerprint density at radius 1 is 1.17 bits per heavy atom. The molecule has 3 N–H and O–H groups in total. The van der Waals surface area contributed by atoms with Crippen molar-refractivity contribution in [3.05, 3.63) is 64.9 Å². The van der Waals surface area contributed by atoms with E-state index < -0.39 is 30.5 Å². The summed E-state index contributed by atoms with van der Waals surface area (Å²) in [6, 6.07) is 9.65. The second-order valence-electron chi connectivity index (χ2n) is 10.3. The van der Waals surface area contributed by atoms with Crippen molar-refractivity contribution in [2.75, 3.05) is 38.1 Å². The third-order valence-electron chi connectivity index (χ3n) is 7.63. The van der Waals surface area contributed by atoms with Gasteiger partial charge in [0, 0.05) is 53.5 Å². The predicted octanol–water partition coefficient (Wildman–Crippen LogP) is 5.01. The minimum atomic E-state index is -1.51. The molecule has 5 nitrogen and oxygen atoms in total. The number of H-pyrrole nitrogens is 1. The molecule has 0 amide bonds. The highest BCUT2D eigenvalue weighted by atomic mass is 19.1. The van der Waals surface area contributed by atoms with Crippen LogP contribution in [0.2, 0.25) is 0 Å². The van der Waals surface area contributed by atoms with Crippen LogP contribution in [0.3, 0.4) is 0 Å². The number of para-hydroxylation sites is 1. The van der Waals surface area contributed by atoms with E-state index in [1.807, 2.05) is 31.2 Å². The van der Waals surface area contributed by atoms with Gasteiger partial charge in [-0.3, -0.25) is 9.80 Å². The van der Waals surface area contributed by atoms with Crippen LogP contribution in [0.1, 0.15) is 49.6 Å². The van der Waals surface area contributed by atoms with Crippen molar-refractivity contribution >= 4 is 16.6 Å². The van der Waals surface area contributed by atoms with Crippen molar-refractivity contribution in [1.29, 1.82) is 0 Å². The molecule has 8 heteroatoms. The van der Waals surface area contributed by atoms with Gasteiger partial charge in [0.2, 0.25) is 0 Å². The van der Waals surface area contributed by atoms with E-state index in [0.29, 0.717) is 17.8 Å². The van der Waals surface area contributed by atoms with Crippen LogP contribution in [0.5, 0.6) is 0 Å². The number of hydrogen-bond donors (Lipinski definition) is 3. The first-order chi connectivity index (χ1) is 17.4. The summed E-state index contributed by atoms with van der Waals surface area (Å²) in [5.41, 5.74) is 2.89. The van der Waals surface area contributed by atoms with E-state index in [1.165, 1.54) is 12.1 Å². The molecule has 3 atom stereocenters. The largest absolute Gasteiger partial charge is 0.393 e. The van der Waals surface area contributed by atoms with Crippen LogP contribution in [0, 0.1) is 11.6 Å². The lowest BCUT2D eigenvalue weighted by Gasteiger charge is -2.42. The second kappa shape index (κ2) is 10.4. The van der Waals surface area contributed by atoms with E-state index >= 15 is 8.78 Å². The van der Waals surface area contributed by atoms with E-state index in [1.54, 1.807) is 4.90 Å². The topological polar surface area (TPSA) is 54.5 Å². The van der Waals surface area contributed by atoms with Crippen LogP contribution in [0.4, 0.5) is 18.9 Å². The Hall–Kier alpha value is -2.55. The highest BCUT2D eigenvalue weighted by Crippen LogP contribution is 2.43. The smallest absolute Gasteiger partial charge is 0.136 e. The summed E-state index contributed by atoms with van der Waals surface area (Å²) in [6.45, 7) is 6.10. The van der Waals surface area contributed by atoms with Crippen molar-refractivity contribution in [1.82, 2.24) is 14.8 Å². The third kappa shape index (κ3) is 4.74. The van der Waals surface area contributed by atoms with Gasteiger partial charge in [0.25, 0.3) is 0 Å². The highest BCUT2D eigenvalue weighted by molar-refractivity contribution is 5.85. The van der Waals surface area contributed by atoms with Crippen molar-refractivity contribution in [2.45, 2.75) is 57.4 Å². The minimum Gasteiger partial charge on any atom is -0.393 e. The summed E-state index contributed by atoms with van der Waals surface area (Å²) in [6.07, 6.45) is 1.39. The van der Waals surface area contributed by atoms with Gasteiger partial charge in [-0.1, -0.05) is 31.5 Å². The van der Waals surface area contributed by atoms with Gasteiger partial charge >= 0.3 is 0 Å². The maximum absolute atomic E-state index is 15.7. The van der Waals surface area contributed by atoms with Gasteiger partial charge in [-0.15, -0.1) is 0 Å². The molecule has 1 aromatic heterocycles. The lowest BCUT2D eigenvalue weighted by atomic mass is 9.87. The number of alkyl halides is 1. The molecule has 1 fully saturated rings. The maximum Gasteiger partial charge on any atom is 0.136 e. The first-order valence-corrected chi connectivity index (χ1v) is 13.0. The molecule has 2 aromatic carbocycles. The average molecular weight is 501 g/mol. The zero-order valence-electron chi connectivity index (χ0n) is 20.9. The van der Waals surface area contributed by atoms with Crippen LogP contribution in [-0.4, -0.2) is 70.9 Å². The molecule has 0 radical (unpaired) electrons. The number of aromatic amines is 1. The predicted molar refractivity (Wildman–Crippen MR) is 137 cm³/mol. The van der Waals surface area contributed by atoms with Gasteiger partial charge in [-0.2, -0.15) is 0 Å². The number of rotatable bonds is 9. The van der Waals surface area contributed by atoms with Crippen molar-refractivity contribution < 1.29 is 18.3 Å². The zero-order valence-corrected chi connectivity index (χ0v) is 20.9. The summed E-state index contributed by atoms with van der Waals surface area (Å²) in [5.74, 6) is -1.32. The molecule has 5 rings (SSSR count). The highest BCUT2D eigenvalue weighted by Gasteiger charge is 2.39. The molecule has 36 heavy (non-hydrogen) atoms. The van der Waals surface area contributed by atoms with Crippen LogP contribution >= 0.6 is 0 Å². The van der Waals surface area contributed by atoms with Crippen molar-refractivity contribution in [3.8, 4) is 0 Å². The molecular formula is C28H35F3N4O. The molecule has 194 valence electrons. The number of aromatic nitrogens is 1. The van der Waals surface area contributed by atoms with Gasteiger partial charge in [0.05, 0.1) is 18.7 Å². The Kier molecular flexibility index (Phi) is 7.28. The van der Waals surface area contributed by atoms with Crippen molar-refractivity contribution in [2.24, 2.45) is 0 Å². The van der Waals surface area contributed by atoms with E-state index in [0.717, 1.165) is 48.9 Å². The molecule has 0 aliphatic carbocycles. The fourth-order valence-corrected chi connectivity index (χ4v) is 5.78. The Morgan fingerprint density at radius 3 is 2.58 bits per heavy atom. The zero-order chi connectivity index (χ0) is 25.4. The normalized spacial score (nSPS) is 21.9. The van der Waals surface area contributed by atoms with Crippen LogP contribution in [0.25, 0.3) is 10.9 Å². The fraction of sp³-hybridized carbons (Fsp3) is 0.500. The van der Waals surface area contributed by atoms with Crippen LogP contribution < -0.4 is 5.32 Å². The molecule has 3 heterocycles. The number of aliphatic hydroxyl groups excluding tert-OH is 1. The molecule has 0 unspecified atom stereocenters. The molecule has 2 aliphatic rings. The first-order valence-electron chi connectivity index (χ1n) is 13.0. The maximum atomic E-state index is 15.7. The number of nitrogens with one attached hydrogen (secondary N) is 2. The number of likely N-dealkylation sites (tertiary alicyclic amines) is 1. The SMILES string of the molecule is CCCCN1CC(Nc2cc(F)c([C@@H]3c4[nH]c5ccccc5c4C[C@@H](C)N3C[C@@H](F)CO)c(F)c2)C1. The Labute approximate surface area is 210 Å². The van der Waals surface area contributed by atoms with E-state index in [2.05, 4.69) is 22.1 Å². The van der Waals surface area contributed by atoms with E-state index in [9.17, 15) is 9.50 Å². The van der Waals surface area contributed by atoms with E-state index in [-0.39, 0.29) is 24.2 Å². The quantitative estimate of drug-likeness (QED) is 0.387. The van der Waals surface area contributed by atoms with Crippen molar-refractivity contribution in [3.63, 3.8) is 0 Å². The summed E-state index contributed by atoms with van der Waals surface area (Å²) in [7, 11) is 0. The van der Waals surface area contributed by atoms with Gasteiger partial charge in [-0.25, -0.2) is 13.2 Å². The minimum absolute atomic E-state index is 0.0942. The summed E-state index contributed by atoms with van der Waals surface area (Å²) >= 11 is 0. The molecule has 0 bridgehead atoms. The van der Waals surface area contributed by atoms with Gasteiger partial charge in [0.1, 0.15) is 17.8 Å². The Balaban J connectivity index is 1.48.